The van der Waals surface area contributed by atoms with Gasteiger partial charge in [-0.2, -0.15) is 0 Å². The normalized spacial score (nSPS) is 19.2. The molecule has 2 saturated heterocycles. The van der Waals surface area contributed by atoms with Crippen LogP contribution in [0.2, 0.25) is 5.02 Å². The Bertz CT molecular complexity index is 685. The highest BCUT2D eigenvalue weighted by Crippen LogP contribution is 2.22. The molecule has 2 aliphatic heterocycles. The van der Waals surface area contributed by atoms with E-state index in [2.05, 4.69) is 22.5 Å². The Labute approximate surface area is 179 Å². The van der Waals surface area contributed by atoms with Crippen molar-refractivity contribution < 1.29 is 9.59 Å². The monoisotopic (exact) mass is 420 g/mol. The number of urea groups is 1. The minimum absolute atomic E-state index is 0.105. The fraction of sp³-hybridized carbons (Fsp3) is 0.636. The largest absolute Gasteiger partial charge is 0.356 e. The van der Waals surface area contributed by atoms with E-state index in [1.807, 2.05) is 17.0 Å². The summed E-state index contributed by atoms with van der Waals surface area (Å²) < 4.78 is 0. The summed E-state index contributed by atoms with van der Waals surface area (Å²) >= 11 is 5.96. The molecule has 0 spiro atoms. The first-order valence-corrected chi connectivity index (χ1v) is 11.2. The summed E-state index contributed by atoms with van der Waals surface area (Å²) in [7, 11) is 0. The van der Waals surface area contributed by atoms with Crippen LogP contribution in [0.4, 0.5) is 10.5 Å². The van der Waals surface area contributed by atoms with Crippen LogP contribution in [0.1, 0.15) is 45.4 Å². The molecule has 0 saturated carbocycles. The zero-order valence-electron chi connectivity index (χ0n) is 17.3. The number of amides is 3. The van der Waals surface area contributed by atoms with Gasteiger partial charge >= 0.3 is 6.03 Å². The van der Waals surface area contributed by atoms with Crippen LogP contribution in [-0.2, 0) is 4.79 Å². The van der Waals surface area contributed by atoms with Gasteiger partial charge in [0.05, 0.1) is 0 Å². The van der Waals surface area contributed by atoms with E-state index in [1.54, 1.807) is 12.1 Å². The van der Waals surface area contributed by atoms with E-state index in [0.29, 0.717) is 42.2 Å². The summed E-state index contributed by atoms with van der Waals surface area (Å²) in [5.74, 6) is 0.488. The lowest BCUT2D eigenvalue weighted by Gasteiger charge is -2.31. The Hall–Kier alpha value is -1.79. The van der Waals surface area contributed by atoms with Gasteiger partial charge < -0.3 is 20.4 Å². The van der Waals surface area contributed by atoms with Gasteiger partial charge in [0.25, 0.3) is 0 Å². The number of benzene rings is 1. The number of anilines is 1. The van der Waals surface area contributed by atoms with Crippen molar-refractivity contribution in [3.05, 3.63) is 29.3 Å². The third-order valence-corrected chi connectivity index (χ3v) is 6.34. The summed E-state index contributed by atoms with van der Waals surface area (Å²) in [6.45, 7) is 6.74. The molecule has 29 heavy (non-hydrogen) atoms. The van der Waals surface area contributed by atoms with Crippen molar-refractivity contribution in [3.8, 4) is 0 Å². The summed E-state index contributed by atoms with van der Waals surface area (Å²) in [6, 6.07) is 7.59. The summed E-state index contributed by atoms with van der Waals surface area (Å²) in [5, 5.41) is 6.57. The molecule has 0 bridgehead atoms. The topological polar surface area (TPSA) is 64.7 Å². The second kappa shape index (κ2) is 10.8. The maximum atomic E-state index is 12.4. The van der Waals surface area contributed by atoms with Crippen LogP contribution in [0.25, 0.3) is 0 Å². The quantitative estimate of drug-likeness (QED) is 0.701. The van der Waals surface area contributed by atoms with Gasteiger partial charge in [0.15, 0.2) is 0 Å². The van der Waals surface area contributed by atoms with Crippen LogP contribution in [0.3, 0.4) is 0 Å². The highest BCUT2D eigenvalue weighted by atomic mass is 35.5. The molecule has 0 aliphatic carbocycles. The number of piperidine rings is 1. The average molecular weight is 421 g/mol. The number of nitrogens with zero attached hydrogens (tertiary/aromatic N) is 2. The Morgan fingerprint density at radius 1 is 1.17 bits per heavy atom. The van der Waals surface area contributed by atoms with Crippen LogP contribution in [0.15, 0.2) is 24.3 Å². The van der Waals surface area contributed by atoms with Crippen molar-refractivity contribution in [3.63, 3.8) is 0 Å². The van der Waals surface area contributed by atoms with Crippen molar-refractivity contribution in [2.45, 2.75) is 51.5 Å². The lowest BCUT2D eigenvalue weighted by molar-refractivity contribution is -0.122. The molecule has 0 unspecified atom stereocenters. The number of hydrogen-bond acceptors (Lipinski definition) is 3. The van der Waals surface area contributed by atoms with Crippen molar-refractivity contribution in [2.75, 3.05) is 38.0 Å². The smallest absolute Gasteiger partial charge is 0.321 e. The first-order chi connectivity index (χ1) is 14.0. The lowest BCUT2D eigenvalue weighted by atomic mass is 9.93. The van der Waals surface area contributed by atoms with Crippen LogP contribution in [0.5, 0.6) is 0 Å². The zero-order chi connectivity index (χ0) is 20.6. The molecule has 1 aromatic rings. The van der Waals surface area contributed by atoms with E-state index in [1.165, 1.54) is 25.9 Å². The third-order valence-electron chi connectivity index (χ3n) is 6.10. The molecule has 6 nitrogen and oxygen atoms in total. The van der Waals surface area contributed by atoms with Crippen LogP contribution in [-0.4, -0.2) is 60.5 Å². The van der Waals surface area contributed by atoms with E-state index in [0.717, 1.165) is 25.8 Å². The van der Waals surface area contributed by atoms with Gasteiger partial charge in [0.1, 0.15) is 0 Å². The van der Waals surface area contributed by atoms with Gasteiger partial charge in [-0.3, -0.25) is 4.79 Å². The van der Waals surface area contributed by atoms with Crippen molar-refractivity contribution >= 4 is 29.2 Å². The number of hydrogen-bond donors (Lipinski definition) is 2. The number of carbonyl (C=O) groups is 2. The van der Waals surface area contributed by atoms with E-state index in [-0.39, 0.29) is 11.9 Å². The summed E-state index contributed by atoms with van der Waals surface area (Å²) in [4.78, 5) is 29.0. The Balaban J connectivity index is 1.31. The molecule has 3 amide bonds. The van der Waals surface area contributed by atoms with E-state index >= 15 is 0 Å². The van der Waals surface area contributed by atoms with Gasteiger partial charge in [0, 0.05) is 42.8 Å². The molecule has 0 radical (unpaired) electrons. The number of nitrogens with one attached hydrogen (secondary N) is 2. The highest BCUT2D eigenvalue weighted by Gasteiger charge is 2.24. The zero-order valence-corrected chi connectivity index (χ0v) is 18.1. The highest BCUT2D eigenvalue weighted by molar-refractivity contribution is 6.30. The first-order valence-electron chi connectivity index (χ1n) is 10.8. The maximum absolute atomic E-state index is 12.4. The molecule has 7 heteroatoms. The van der Waals surface area contributed by atoms with Crippen molar-refractivity contribution in [1.29, 1.82) is 0 Å². The molecule has 3 rings (SSSR count). The number of carbonyl (C=O) groups excluding carboxylic acids is 2. The van der Waals surface area contributed by atoms with Gasteiger partial charge in [0.2, 0.25) is 5.91 Å². The SMILES string of the molecule is C[C@@H](CCNC(=O)CC1CCN(C(=O)Nc2cccc(Cl)c2)CC1)N1CCCC1. The molecule has 2 fully saturated rings. The minimum Gasteiger partial charge on any atom is -0.356 e. The molecule has 1 atom stereocenters. The van der Waals surface area contributed by atoms with E-state index < -0.39 is 0 Å². The standard InChI is InChI=1S/C22H33ClN4O2/c1-17(26-11-2-3-12-26)7-10-24-21(28)15-18-8-13-27(14-9-18)22(29)25-20-6-4-5-19(23)16-20/h4-6,16-18H,2-3,7-15H2,1H3,(H,24,28)(H,25,29)/t17-/m0/s1. The second-order valence-electron chi connectivity index (χ2n) is 8.31. The molecule has 2 N–H and O–H groups in total. The average Bonchev–Trinajstić information content (AvgIpc) is 3.23. The van der Waals surface area contributed by atoms with Crippen LogP contribution < -0.4 is 10.6 Å². The summed E-state index contributed by atoms with van der Waals surface area (Å²) in [5.41, 5.74) is 0.701. The number of rotatable bonds is 7. The third kappa shape index (κ3) is 6.89. The van der Waals surface area contributed by atoms with Gasteiger partial charge in [-0.15, -0.1) is 0 Å². The lowest BCUT2D eigenvalue weighted by Crippen LogP contribution is -2.42. The summed E-state index contributed by atoms with van der Waals surface area (Å²) in [6.07, 6.45) is 5.88. The van der Waals surface area contributed by atoms with Crippen molar-refractivity contribution in [1.82, 2.24) is 15.1 Å². The predicted octanol–water partition coefficient (Wildman–Crippen LogP) is 3.96. The maximum Gasteiger partial charge on any atom is 0.321 e. The Kier molecular flexibility index (Phi) is 8.19. The van der Waals surface area contributed by atoms with Gasteiger partial charge in [-0.25, -0.2) is 4.79 Å². The molecule has 2 heterocycles. The Morgan fingerprint density at radius 2 is 1.90 bits per heavy atom. The molecule has 1 aromatic carbocycles. The first kappa shape index (κ1) is 21.9. The van der Waals surface area contributed by atoms with Crippen molar-refractivity contribution in [2.24, 2.45) is 5.92 Å². The fourth-order valence-corrected chi connectivity index (χ4v) is 4.42. The molecule has 160 valence electrons. The Morgan fingerprint density at radius 3 is 2.59 bits per heavy atom. The van der Waals surface area contributed by atoms with Crippen LogP contribution >= 0.6 is 11.6 Å². The van der Waals surface area contributed by atoms with Gasteiger partial charge in [-0.05, 0) is 76.2 Å². The fourth-order valence-electron chi connectivity index (χ4n) is 4.23. The molecule has 2 aliphatic rings. The second-order valence-corrected chi connectivity index (χ2v) is 8.74. The predicted molar refractivity (Wildman–Crippen MR) is 117 cm³/mol. The minimum atomic E-state index is -0.105. The molecule has 0 aromatic heterocycles. The van der Waals surface area contributed by atoms with Crippen LogP contribution in [0, 0.1) is 5.92 Å². The van der Waals surface area contributed by atoms with E-state index in [4.69, 9.17) is 11.6 Å². The molecular weight excluding hydrogens is 388 g/mol. The number of likely N-dealkylation sites (tertiary alicyclic amines) is 2. The molecular formula is C22H33ClN4O2. The van der Waals surface area contributed by atoms with Gasteiger partial charge in [-0.1, -0.05) is 17.7 Å². The van der Waals surface area contributed by atoms with E-state index in [9.17, 15) is 9.59 Å². The number of halogens is 1.